The maximum Gasteiger partial charge on any atom is 0.251 e. The highest BCUT2D eigenvalue weighted by atomic mass is 16.5. The number of morpholine rings is 1. The molecule has 3 aromatic rings. The zero-order valence-corrected chi connectivity index (χ0v) is 19.8. The summed E-state index contributed by atoms with van der Waals surface area (Å²) in [6.45, 7) is 4.67. The number of primary amides is 1. The maximum atomic E-state index is 12.8. The van der Waals surface area contributed by atoms with Crippen LogP contribution in [0.5, 0.6) is 5.75 Å². The van der Waals surface area contributed by atoms with Crippen LogP contribution in [-0.2, 0) is 11.2 Å². The second-order valence-electron chi connectivity index (χ2n) is 8.90. The van der Waals surface area contributed by atoms with Gasteiger partial charge in [0.1, 0.15) is 5.75 Å². The minimum absolute atomic E-state index is 0.0933. The summed E-state index contributed by atoms with van der Waals surface area (Å²) in [4.78, 5) is 27.4. The SMILES string of the molecule is COc1cccc(-c2cc(C(N)=O)c3c(c2)-c2ccc(C(=O)NCCN4CCOCC4)cc2C3)c1. The van der Waals surface area contributed by atoms with E-state index in [2.05, 4.69) is 16.3 Å². The van der Waals surface area contributed by atoms with Gasteiger partial charge in [-0.2, -0.15) is 0 Å². The lowest BCUT2D eigenvalue weighted by molar-refractivity contribution is 0.0383. The van der Waals surface area contributed by atoms with Crippen LogP contribution in [0, 0.1) is 0 Å². The molecule has 0 saturated carbocycles. The van der Waals surface area contributed by atoms with Crippen LogP contribution in [0.3, 0.4) is 0 Å². The van der Waals surface area contributed by atoms with E-state index in [-0.39, 0.29) is 5.91 Å². The average Bonchev–Trinajstić information content (AvgIpc) is 3.26. The van der Waals surface area contributed by atoms with E-state index >= 15 is 0 Å². The number of carbonyl (C=O) groups is 2. The van der Waals surface area contributed by atoms with Crippen molar-refractivity contribution in [1.29, 1.82) is 0 Å². The molecule has 0 bridgehead atoms. The molecule has 7 nitrogen and oxygen atoms in total. The third kappa shape index (κ3) is 4.78. The molecule has 1 aliphatic carbocycles. The number of ether oxygens (including phenoxy) is 2. The number of nitrogens with two attached hydrogens (primary N) is 1. The van der Waals surface area contributed by atoms with Crippen molar-refractivity contribution in [1.82, 2.24) is 10.2 Å². The van der Waals surface area contributed by atoms with Crippen LogP contribution in [0.1, 0.15) is 31.8 Å². The van der Waals surface area contributed by atoms with Crippen molar-refractivity contribution in [2.45, 2.75) is 6.42 Å². The largest absolute Gasteiger partial charge is 0.497 e. The zero-order chi connectivity index (χ0) is 24.4. The summed E-state index contributed by atoms with van der Waals surface area (Å²) in [5, 5.41) is 3.02. The maximum absolute atomic E-state index is 12.8. The summed E-state index contributed by atoms with van der Waals surface area (Å²) in [7, 11) is 1.63. The fourth-order valence-corrected chi connectivity index (χ4v) is 4.88. The highest BCUT2D eigenvalue weighted by molar-refractivity contribution is 6.01. The lowest BCUT2D eigenvalue weighted by Crippen LogP contribution is -2.41. The topological polar surface area (TPSA) is 93.9 Å². The van der Waals surface area contributed by atoms with Gasteiger partial charge >= 0.3 is 0 Å². The Morgan fingerprint density at radius 3 is 2.63 bits per heavy atom. The standard InChI is InChI=1S/C28H29N3O4/c1-34-22-4-2-3-18(14-22)20-15-24-23-6-5-19(13-21(23)17-25(24)26(16-20)27(29)32)28(33)30-7-8-31-9-11-35-12-10-31/h2-6,13-16H,7-12,17H2,1H3,(H2,29,32)(H,30,33). The summed E-state index contributed by atoms with van der Waals surface area (Å²) in [6.07, 6.45) is 0.566. The van der Waals surface area contributed by atoms with E-state index in [0.29, 0.717) is 24.1 Å². The van der Waals surface area contributed by atoms with Crippen LogP contribution < -0.4 is 15.8 Å². The normalized spacial score (nSPS) is 14.8. The predicted molar refractivity (Wildman–Crippen MR) is 135 cm³/mol. The van der Waals surface area contributed by atoms with Crippen molar-refractivity contribution < 1.29 is 19.1 Å². The fourth-order valence-electron chi connectivity index (χ4n) is 4.88. The molecule has 1 saturated heterocycles. The van der Waals surface area contributed by atoms with Gasteiger partial charge in [0.2, 0.25) is 5.91 Å². The molecule has 0 aromatic heterocycles. The molecule has 2 aliphatic rings. The van der Waals surface area contributed by atoms with Gasteiger partial charge < -0.3 is 20.5 Å². The predicted octanol–water partition coefficient (Wildman–Crippen LogP) is 3.09. The van der Waals surface area contributed by atoms with Gasteiger partial charge in [-0.05, 0) is 76.2 Å². The number of methoxy groups -OCH3 is 1. The Morgan fingerprint density at radius 1 is 1.03 bits per heavy atom. The first-order chi connectivity index (χ1) is 17.0. The van der Waals surface area contributed by atoms with E-state index < -0.39 is 5.91 Å². The molecule has 3 aromatic carbocycles. The number of nitrogens with one attached hydrogen (secondary N) is 1. The first kappa shape index (κ1) is 23.1. The summed E-state index contributed by atoms with van der Waals surface area (Å²) < 4.78 is 10.7. The molecule has 0 spiro atoms. The molecule has 1 heterocycles. The van der Waals surface area contributed by atoms with Crippen molar-refractivity contribution >= 4 is 11.8 Å². The number of rotatable bonds is 7. The molecule has 3 N–H and O–H groups in total. The molecule has 0 radical (unpaired) electrons. The average molecular weight is 472 g/mol. The zero-order valence-electron chi connectivity index (χ0n) is 19.8. The highest BCUT2D eigenvalue weighted by Crippen LogP contribution is 2.41. The number of hydrogen-bond acceptors (Lipinski definition) is 5. The fraction of sp³-hybridized carbons (Fsp3) is 0.286. The van der Waals surface area contributed by atoms with E-state index in [1.165, 1.54) is 0 Å². The smallest absolute Gasteiger partial charge is 0.251 e. The number of fused-ring (bicyclic) bond motifs is 3. The Hall–Kier alpha value is -3.68. The molecule has 1 fully saturated rings. The van der Waals surface area contributed by atoms with Gasteiger partial charge in [-0.1, -0.05) is 18.2 Å². The van der Waals surface area contributed by atoms with E-state index in [9.17, 15) is 9.59 Å². The van der Waals surface area contributed by atoms with Crippen LogP contribution in [0.25, 0.3) is 22.3 Å². The Morgan fingerprint density at radius 2 is 1.86 bits per heavy atom. The van der Waals surface area contributed by atoms with Gasteiger partial charge in [0.15, 0.2) is 0 Å². The van der Waals surface area contributed by atoms with Crippen molar-refractivity contribution in [2.24, 2.45) is 5.73 Å². The summed E-state index contributed by atoms with van der Waals surface area (Å²) >= 11 is 0. The number of carbonyl (C=O) groups excluding carboxylic acids is 2. The third-order valence-electron chi connectivity index (χ3n) is 6.76. The van der Waals surface area contributed by atoms with Gasteiger partial charge in [-0.15, -0.1) is 0 Å². The van der Waals surface area contributed by atoms with Crippen LogP contribution >= 0.6 is 0 Å². The second-order valence-corrected chi connectivity index (χ2v) is 8.90. The van der Waals surface area contributed by atoms with E-state index in [0.717, 1.165) is 72.0 Å². The van der Waals surface area contributed by atoms with Gasteiger partial charge in [0, 0.05) is 37.3 Å². The molecule has 2 amide bonds. The summed E-state index contributed by atoms with van der Waals surface area (Å²) in [5.41, 5.74) is 12.7. The molecule has 5 rings (SSSR count). The lowest BCUT2D eigenvalue weighted by atomic mass is 9.94. The minimum atomic E-state index is -0.458. The van der Waals surface area contributed by atoms with Gasteiger partial charge in [-0.3, -0.25) is 14.5 Å². The summed E-state index contributed by atoms with van der Waals surface area (Å²) in [5.74, 6) is 0.192. The number of amides is 2. The molecule has 180 valence electrons. The number of benzene rings is 3. The molecular formula is C28H29N3O4. The quantitative estimate of drug-likeness (QED) is 0.432. The van der Waals surface area contributed by atoms with Crippen molar-refractivity contribution in [2.75, 3.05) is 46.5 Å². The molecule has 1 aliphatic heterocycles. The van der Waals surface area contributed by atoms with Crippen LogP contribution in [-0.4, -0.2) is 63.2 Å². The van der Waals surface area contributed by atoms with Crippen LogP contribution in [0.4, 0.5) is 0 Å². The first-order valence-electron chi connectivity index (χ1n) is 11.9. The third-order valence-corrected chi connectivity index (χ3v) is 6.76. The molecule has 0 atom stereocenters. The van der Waals surface area contributed by atoms with Crippen LogP contribution in [0.15, 0.2) is 54.6 Å². The molecular weight excluding hydrogens is 442 g/mol. The monoisotopic (exact) mass is 471 g/mol. The van der Waals surface area contributed by atoms with E-state index in [4.69, 9.17) is 15.2 Å². The minimum Gasteiger partial charge on any atom is -0.497 e. The van der Waals surface area contributed by atoms with Crippen LogP contribution in [0.2, 0.25) is 0 Å². The van der Waals surface area contributed by atoms with Gasteiger partial charge in [0.25, 0.3) is 5.91 Å². The number of hydrogen-bond donors (Lipinski definition) is 2. The molecule has 35 heavy (non-hydrogen) atoms. The lowest BCUT2D eigenvalue weighted by Gasteiger charge is -2.26. The van der Waals surface area contributed by atoms with Gasteiger partial charge in [-0.25, -0.2) is 0 Å². The molecule has 7 heteroatoms. The van der Waals surface area contributed by atoms with Crippen molar-refractivity contribution in [3.05, 3.63) is 76.9 Å². The Bertz CT molecular complexity index is 1280. The Labute approximate surface area is 204 Å². The number of nitrogens with zero attached hydrogens (tertiary/aromatic N) is 1. The highest BCUT2D eigenvalue weighted by Gasteiger charge is 2.25. The first-order valence-corrected chi connectivity index (χ1v) is 11.9. The van der Waals surface area contributed by atoms with Crippen molar-refractivity contribution in [3.63, 3.8) is 0 Å². The summed E-state index contributed by atoms with van der Waals surface area (Å²) in [6, 6.07) is 17.4. The molecule has 0 unspecified atom stereocenters. The van der Waals surface area contributed by atoms with E-state index in [1.54, 1.807) is 7.11 Å². The Kier molecular flexibility index (Phi) is 6.53. The second kappa shape index (κ2) is 9.90. The van der Waals surface area contributed by atoms with Crippen molar-refractivity contribution in [3.8, 4) is 28.0 Å². The van der Waals surface area contributed by atoms with Gasteiger partial charge in [0.05, 0.1) is 20.3 Å². The van der Waals surface area contributed by atoms with E-state index in [1.807, 2.05) is 48.5 Å². The Balaban J connectivity index is 1.39.